The Labute approximate surface area is 127 Å². The van der Waals surface area contributed by atoms with Crippen LogP contribution in [0.15, 0.2) is 60.8 Å². The zero-order valence-corrected chi connectivity index (χ0v) is 11.8. The number of hydroxylamine groups is 1. The highest BCUT2D eigenvalue weighted by Gasteiger charge is 2.04. The van der Waals surface area contributed by atoms with Gasteiger partial charge in [0.05, 0.1) is 18.3 Å². The second kappa shape index (κ2) is 6.24. The zero-order valence-electron chi connectivity index (χ0n) is 11.8. The SMILES string of the molecule is O=C(/C=C/c1ccc2c(cnn2Cc2ccccc2)c1)NO. The summed E-state index contributed by atoms with van der Waals surface area (Å²) in [6.45, 7) is 0.715. The molecule has 5 heteroatoms. The van der Waals surface area contributed by atoms with E-state index in [1.165, 1.54) is 11.6 Å². The third kappa shape index (κ3) is 3.05. The third-order valence-corrected chi connectivity index (χ3v) is 3.38. The van der Waals surface area contributed by atoms with E-state index in [0.717, 1.165) is 16.5 Å². The molecule has 0 bridgehead atoms. The molecule has 22 heavy (non-hydrogen) atoms. The van der Waals surface area contributed by atoms with Gasteiger partial charge in [-0.15, -0.1) is 0 Å². The van der Waals surface area contributed by atoms with Crippen LogP contribution in [0.5, 0.6) is 0 Å². The number of amides is 1. The van der Waals surface area contributed by atoms with Gasteiger partial charge in [-0.2, -0.15) is 5.10 Å². The first-order valence-electron chi connectivity index (χ1n) is 6.88. The van der Waals surface area contributed by atoms with Gasteiger partial charge in [0.25, 0.3) is 5.91 Å². The van der Waals surface area contributed by atoms with Crippen LogP contribution in [-0.4, -0.2) is 20.9 Å². The van der Waals surface area contributed by atoms with Crippen molar-refractivity contribution in [3.05, 3.63) is 71.9 Å². The van der Waals surface area contributed by atoms with Gasteiger partial charge in [0, 0.05) is 11.5 Å². The number of hydrogen-bond donors (Lipinski definition) is 2. The summed E-state index contributed by atoms with van der Waals surface area (Å²) in [5.41, 5.74) is 4.66. The molecule has 0 unspecified atom stereocenters. The highest BCUT2D eigenvalue weighted by molar-refractivity contribution is 5.91. The van der Waals surface area contributed by atoms with Gasteiger partial charge in [-0.25, -0.2) is 5.48 Å². The molecule has 0 aliphatic rings. The molecule has 0 aliphatic carbocycles. The van der Waals surface area contributed by atoms with Gasteiger partial charge in [-0.05, 0) is 29.3 Å². The van der Waals surface area contributed by atoms with Crippen LogP contribution in [0.3, 0.4) is 0 Å². The Bertz CT molecular complexity index is 822. The normalized spacial score (nSPS) is 11.1. The van der Waals surface area contributed by atoms with Crippen LogP contribution in [0.4, 0.5) is 0 Å². The van der Waals surface area contributed by atoms with Crippen molar-refractivity contribution in [3.8, 4) is 0 Å². The van der Waals surface area contributed by atoms with Gasteiger partial charge in [0.2, 0.25) is 0 Å². The van der Waals surface area contributed by atoms with Crippen molar-refractivity contribution in [1.29, 1.82) is 0 Å². The predicted octanol–water partition coefficient (Wildman–Crippen LogP) is 2.60. The van der Waals surface area contributed by atoms with Crippen molar-refractivity contribution in [2.75, 3.05) is 0 Å². The van der Waals surface area contributed by atoms with Crippen molar-refractivity contribution in [3.63, 3.8) is 0 Å². The molecule has 0 saturated carbocycles. The van der Waals surface area contributed by atoms with Gasteiger partial charge in [0.1, 0.15) is 0 Å². The lowest BCUT2D eigenvalue weighted by atomic mass is 10.1. The molecule has 3 aromatic rings. The number of rotatable bonds is 4. The molecule has 2 N–H and O–H groups in total. The molecule has 110 valence electrons. The van der Waals surface area contributed by atoms with Crippen LogP contribution >= 0.6 is 0 Å². The van der Waals surface area contributed by atoms with Crippen LogP contribution in [-0.2, 0) is 11.3 Å². The van der Waals surface area contributed by atoms with E-state index in [9.17, 15) is 4.79 Å². The van der Waals surface area contributed by atoms with Gasteiger partial charge in [-0.3, -0.25) is 14.7 Å². The zero-order chi connectivity index (χ0) is 15.4. The number of nitrogens with zero attached hydrogens (tertiary/aromatic N) is 2. The molecule has 0 radical (unpaired) electrons. The summed E-state index contributed by atoms with van der Waals surface area (Å²) in [5, 5.41) is 13.9. The predicted molar refractivity (Wildman–Crippen MR) is 84.2 cm³/mol. The molecule has 0 aliphatic heterocycles. The van der Waals surface area contributed by atoms with E-state index in [1.807, 2.05) is 47.3 Å². The number of carbonyl (C=O) groups is 1. The number of aromatic nitrogens is 2. The summed E-state index contributed by atoms with van der Waals surface area (Å²) in [5.74, 6) is -0.556. The Morgan fingerprint density at radius 1 is 1.23 bits per heavy atom. The second-order valence-corrected chi connectivity index (χ2v) is 4.92. The summed E-state index contributed by atoms with van der Waals surface area (Å²) in [4.78, 5) is 11.0. The molecule has 0 fully saturated rings. The Kier molecular flexibility index (Phi) is 3.98. The lowest BCUT2D eigenvalue weighted by molar-refractivity contribution is -0.124. The van der Waals surface area contributed by atoms with E-state index < -0.39 is 5.91 Å². The van der Waals surface area contributed by atoms with E-state index in [0.29, 0.717) is 6.54 Å². The molecular weight excluding hydrogens is 278 g/mol. The van der Waals surface area contributed by atoms with E-state index in [-0.39, 0.29) is 0 Å². The lowest BCUT2D eigenvalue weighted by Crippen LogP contribution is -2.14. The summed E-state index contributed by atoms with van der Waals surface area (Å²) in [6, 6.07) is 16.0. The molecule has 1 amide bonds. The third-order valence-electron chi connectivity index (χ3n) is 3.38. The number of hydrogen-bond acceptors (Lipinski definition) is 3. The molecule has 0 saturated heterocycles. The van der Waals surface area contributed by atoms with Crippen LogP contribution in [0.2, 0.25) is 0 Å². The van der Waals surface area contributed by atoms with Crippen molar-refractivity contribution in [2.24, 2.45) is 0 Å². The fourth-order valence-corrected chi connectivity index (χ4v) is 2.30. The molecule has 2 aromatic carbocycles. The number of benzene rings is 2. The first-order valence-corrected chi connectivity index (χ1v) is 6.88. The molecule has 1 aromatic heterocycles. The second-order valence-electron chi connectivity index (χ2n) is 4.92. The minimum Gasteiger partial charge on any atom is -0.288 e. The van der Waals surface area contributed by atoms with Crippen molar-refractivity contribution in [2.45, 2.75) is 6.54 Å². The van der Waals surface area contributed by atoms with E-state index in [2.05, 4.69) is 17.2 Å². The Morgan fingerprint density at radius 3 is 2.82 bits per heavy atom. The van der Waals surface area contributed by atoms with Gasteiger partial charge in [-0.1, -0.05) is 36.4 Å². The summed E-state index contributed by atoms with van der Waals surface area (Å²) in [6.07, 6.45) is 4.72. The molecular formula is C17H15N3O2. The van der Waals surface area contributed by atoms with Crippen LogP contribution in [0, 0.1) is 0 Å². The number of carbonyl (C=O) groups excluding carboxylic acids is 1. The molecule has 0 spiro atoms. The highest BCUT2D eigenvalue weighted by Crippen LogP contribution is 2.18. The van der Waals surface area contributed by atoms with Gasteiger partial charge < -0.3 is 0 Å². The topological polar surface area (TPSA) is 67.2 Å². The Hall–Kier alpha value is -2.92. The molecule has 1 heterocycles. The lowest BCUT2D eigenvalue weighted by Gasteiger charge is -2.04. The van der Waals surface area contributed by atoms with Crippen LogP contribution in [0.1, 0.15) is 11.1 Å². The monoisotopic (exact) mass is 293 g/mol. The van der Waals surface area contributed by atoms with E-state index >= 15 is 0 Å². The first-order chi connectivity index (χ1) is 10.8. The highest BCUT2D eigenvalue weighted by atomic mass is 16.5. The average molecular weight is 293 g/mol. The number of fused-ring (bicyclic) bond motifs is 1. The first kappa shape index (κ1) is 14.0. The fraction of sp³-hybridized carbons (Fsp3) is 0.0588. The van der Waals surface area contributed by atoms with Gasteiger partial charge >= 0.3 is 0 Å². The standard InChI is InChI=1S/C17H15N3O2/c21-17(19-22)9-7-13-6-8-16-15(10-13)11-18-20(16)12-14-4-2-1-3-5-14/h1-11,22H,12H2,(H,19,21)/b9-7+. The van der Waals surface area contributed by atoms with Crippen LogP contribution in [0.25, 0.3) is 17.0 Å². The average Bonchev–Trinajstić information content (AvgIpc) is 2.96. The van der Waals surface area contributed by atoms with E-state index in [4.69, 9.17) is 5.21 Å². The fourth-order valence-electron chi connectivity index (χ4n) is 2.30. The van der Waals surface area contributed by atoms with Gasteiger partial charge in [0.15, 0.2) is 0 Å². The smallest absolute Gasteiger partial charge is 0.267 e. The summed E-state index contributed by atoms with van der Waals surface area (Å²) in [7, 11) is 0. The maximum Gasteiger partial charge on any atom is 0.267 e. The minimum atomic E-state index is -0.556. The Morgan fingerprint density at radius 2 is 2.05 bits per heavy atom. The summed E-state index contributed by atoms with van der Waals surface area (Å²) >= 11 is 0. The molecule has 5 nitrogen and oxygen atoms in total. The van der Waals surface area contributed by atoms with E-state index in [1.54, 1.807) is 11.6 Å². The van der Waals surface area contributed by atoms with Crippen molar-refractivity contribution < 1.29 is 10.0 Å². The summed E-state index contributed by atoms with van der Waals surface area (Å²) < 4.78 is 1.94. The minimum absolute atomic E-state index is 0.556. The molecule has 3 rings (SSSR count). The maximum atomic E-state index is 11.0. The quantitative estimate of drug-likeness (QED) is 0.441. The largest absolute Gasteiger partial charge is 0.288 e. The van der Waals surface area contributed by atoms with Crippen molar-refractivity contribution in [1.82, 2.24) is 15.3 Å². The maximum absolute atomic E-state index is 11.0. The van der Waals surface area contributed by atoms with Crippen LogP contribution < -0.4 is 5.48 Å². The molecule has 0 atom stereocenters. The van der Waals surface area contributed by atoms with Crippen molar-refractivity contribution >= 4 is 22.9 Å². The number of nitrogens with one attached hydrogen (secondary N) is 1. The Balaban J connectivity index is 1.86.